The average molecular weight is 270 g/mol. The maximum absolute atomic E-state index is 11.2. The van der Waals surface area contributed by atoms with Crippen LogP contribution >= 0.6 is 15.9 Å². The minimum absolute atomic E-state index is 0.166. The highest BCUT2D eigenvalue weighted by Crippen LogP contribution is 2.24. The van der Waals surface area contributed by atoms with Crippen molar-refractivity contribution in [1.29, 1.82) is 0 Å². The molecule has 1 aliphatic carbocycles. The average Bonchev–Trinajstić information content (AvgIpc) is 2.09. The zero-order valence-electron chi connectivity index (χ0n) is 7.79. The Hall–Kier alpha value is 0.390. The summed E-state index contributed by atoms with van der Waals surface area (Å²) in [5.74, 6) is 0.182. The molecule has 1 N–H and O–H groups in total. The largest absolute Gasteiger partial charge is 0.212 e. The summed E-state index contributed by atoms with van der Waals surface area (Å²) in [6, 6.07) is 0.166. The molecule has 13 heavy (non-hydrogen) atoms. The van der Waals surface area contributed by atoms with E-state index in [0.717, 1.165) is 25.7 Å². The van der Waals surface area contributed by atoms with Crippen molar-refractivity contribution < 1.29 is 8.42 Å². The first-order valence-electron chi connectivity index (χ1n) is 4.67. The summed E-state index contributed by atoms with van der Waals surface area (Å²) in [6.07, 6.45) is 4.04. The van der Waals surface area contributed by atoms with Crippen LogP contribution in [-0.2, 0) is 10.0 Å². The zero-order valence-corrected chi connectivity index (χ0v) is 10.2. The van der Waals surface area contributed by atoms with Gasteiger partial charge in [-0.05, 0) is 32.6 Å². The number of sulfonamides is 1. The van der Waals surface area contributed by atoms with E-state index in [2.05, 4.69) is 20.7 Å². The molecule has 1 saturated carbocycles. The second-order valence-electron chi connectivity index (χ2n) is 3.47. The molecule has 3 nitrogen and oxygen atoms in total. The Balaban J connectivity index is 2.39. The Bertz CT molecular complexity index is 245. The molecule has 0 atom stereocenters. The molecule has 0 aromatic rings. The molecule has 1 fully saturated rings. The van der Waals surface area contributed by atoms with Gasteiger partial charge < -0.3 is 0 Å². The van der Waals surface area contributed by atoms with Gasteiger partial charge in [0.15, 0.2) is 0 Å². The lowest BCUT2D eigenvalue weighted by molar-refractivity contribution is 0.423. The first-order chi connectivity index (χ1) is 6.03. The van der Waals surface area contributed by atoms with Crippen molar-refractivity contribution in [1.82, 2.24) is 4.72 Å². The summed E-state index contributed by atoms with van der Waals surface area (Å²) in [7, 11) is -3.00. The van der Waals surface area contributed by atoms with E-state index >= 15 is 0 Å². The molecule has 5 heteroatoms. The van der Waals surface area contributed by atoms with E-state index in [0.29, 0.717) is 4.83 Å². The zero-order chi connectivity index (χ0) is 9.90. The van der Waals surface area contributed by atoms with E-state index in [1.807, 2.05) is 0 Å². The minimum atomic E-state index is -3.00. The van der Waals surface area contributed by atoms with Crippen molar-refractivity contribution >= 4 is 26.0 Å². The fourth-order valence-electron chi connectivity index (χ4n) is 1.51. The highest BCUT2D eigenvalue weighted by Gasteiger charge is 2.22. The van der Waals surface area contributed by atoms with Gasteiger partial charge in [-0.2, -0.15) is 0 Å². The van der Waals surface area contributed by atoms with Crippen molar-refractivity contribution in [3.05, 3.63) is 0 Å². The van der Waals surface area contributed by atoms with Crippen molar-refractivity contribution in [2.45, 2.75) is 43.5 Å². The molecule has 0 bridgehead atoms. The number of halogens is 1. The Morgan fingerprint density at radius 2 is 1.85 bits per heavy atom. The smallest absolute Gasteiger partial charge is 0.211 e. The Morgan fingerprint density at radius 1 is 1.31 bits per heavy atom. The number of rotatable bonds is 3. The minimum Gasteiger partial charge on any atom is -0.212 e. The normalized spacial score (nSPS) is 30.3. The first kappa shape index (κ1) is 11.5. The summed E-state index contributed by atoms with van der Waals surface area (Å²) in [6.45, 7) is 1.67. The van der Waals surface area contributed by atoms with E-state index in [1.165, 1.54) is 0 Å². The van der Waals surface area contributed by atoms with Crippen LogP contribution in [0.4, 0.5) is 0 Å². The highest BCUT2D eigenvalue weighted by molar-refractivity contribution is 9.09. The summed E-state index contributed by atoms with van der Waals surface area (Å²) in [5.41, 5.74) is 0. The van der Waals surface area contributed by atoms with Crippen molar-refractivity contribution in [2.24, 2.45) is 0 Å². The van der Waals surface area contributed by atoms with Gasteiger partial charge in [0.1, 0.15) is 0 Å². The van der Waals surface area contributed by atoms with Crippen LogP contribution in [0, 0.1) is 0 Å². The predicted molar refractivity (Wildman–Crippen MR) is 57.6 cm³/mol. The molecule has 0 radical (unpaired) electrons. The lowest BCUT2D eigenvalue weighted by atomic mass is 9.96. The second-order valence-corrected chi connectivity index (χ2v) is 6.81. The second kappa shape index (κ2) is 4.75. The van der Waals surface area contributed by atoms with E-state index in [1.54, 1.807) is 6.92 Å². The molecule has 0 spiro atoms. The topological polar surface area (TPSA) is 46.2 Å². The van der Waals surface area contributed by atoms with Crippen molar-refractivity contribution in [3.8, 4) is 0 Å². The summed E-state index contributed by atoms with van der Waals surface area (Å²) in [4.78, 5) is 0.579. The lowest BCUT2D eigenvalue weighted by Gasteiger charge is -2.25. The third kappa shape index (κ3) is 3.95. The van der Waals surface area contributed by atoms with Gasteiger partial charge >= 0.3 is 0 Å². The highest BCUT2D eigenvalue weighted by atomic mass is 79.9. The van der Waals surface area contributed by atoms with Crippen LogP contribution in [0.1, 0.15) is 32.6 Å². The Labute approximate surface area is 88.5 Å². The quantitative estimate of drug-likeness (QED) is 0.792. The van der Waals surface area contributed by atoms with Gasteiger partial charge in [0.25, 0.3) is 0 Å². The molecule has 0 unspecified atom stereocenters. The van der Waals surface area contributed by atoms with Crippen molar-refractivity contribution in [3.63, 3.8) is 0 Å². The SMILES string of the molecule is CCS(=O)(=O)NC1CCC(Br)CC1. The van der Waals surface area contributed by atoms with Gasteiger partial charge in [-0.1, -0.05) is 15.9 Å². The molecule has 1 aliphatic rings. The molecule has 0 aromatic heterocycles. The van der Waals surface area contributed by atoms with Crippen LogP contribution in [0.2, 0.25) is 0 Å². The van der Waals surface area contributed by atoms with Crippen LogP contribution in [-0.4, -0.2) is 25.0 Å². The van der Waals surface area contributed by atoms with Gasteiger partial charge in [0.2, 0.25) is 10.0 Å². The molecule has 1 rings (SSSR count). The summed E-state index contributed by atoms with van der Waals surface area (Å²) < 4.78 is 25.2. The van der Waals surface area contributed by atoms with Gasteiger partial charge in [-0.25, -0.2) is 13.1 Å². The standard InChI is InChI=1S/C8H16BrNO2S/c1-2-13(11,12)10-8-5-3-7(9)4-6-8/h7-8,10H,2-6H2,1H3. The molecule has 78 valence electrons. The molecule has 0 aliphatic heterocycles. The number of alkyl halides is 1. The van der Waals surface area contributed by atoms with Crippen LogP contribution in [0.25, 0.3) is 0 Å². The van der Waals surface area contributed by atoms with E-state index in [9.17, 15) is 8.42 Å². The molecule has 0 saturated heterocycles. The van der Waals surface area contributed by atoms with Gasteiger partial charge in [-0.15, -0.1) is 0 Å². The number of hydrogen-bond acceptors (Lipinski definition) is 2. The van der Waals surface area contributed by atoms with Gasteiger partial charge in [-0.3, -0.25) is 0 Å². The Morgan fingerprint density at radius 3 is 2.31 bits per heavy atom. The summed E-state index contributed by atoms with van der Waals surface area (Å²) >= 11 is 3.54. The van der Waals surface area contributed by atoms with E-state index < -0.39 is 10.0 Å². The maximum atomic E-state index is 11.2. The lowest BCUT2D eigenvalue weighted by Crippen LogP contribution is -2.38. The van der Waals surface area contributed by atoms with Gasteiger partial charge in [0.05, 0.1) is 5.75 Å². The third-order valence-electron chi connectivity index (χ3n) is 2.38. The van der Waals surface area contributed by atoms with Gasteiger partial charge in [0, 0.05) is 10.9 Å². The number of hydrogen-bond donors (Lipinski definition) is 1. The number of nitrogens with one attached hydrogen (secondary N) is 1. The maximum Gasteiger partial charge on any atom is 0.211 e. The fourth-order valence-corrected chi connectivity index (χ4v) is 2.95. The fraction of sp³-hybridized carbons (Fsp3) is 1.00. The summed E-state index contributed by atoms with van der Waals surface area (Å²) in [5, 5.41) is 0. The first-order valence-corrected chi connectivity index (χ1v) is 7.24. The molecular weight excluding hydrogens is 254 g/mol. The monoisotopic (exact) mass is 269 g/mol. The van der Waals surface area contributed by atoms with Crippen LogP contribution in [0.15, 0.2) is 0 Å². The molecule has 0 aromatic carbocycles. The third-order valence-corrected chi connectivity index (χ3v) is 4.75. The van der Waals surface area contributed by atoms with Crippen LogP contribution in [0.3, 0.4) is 0 Å². The van der Waals surface area contributed by atoms with Crippen LogP contribution < -0.4 is 4.72 Å². The molecule has 0 heterocycles. The Kier molecular flexibility index (Phi) is 4.19. The molecule has 0 amide bonds. The predicted octanol–water partition coefficient (Wildman–Crippen LogP) is 1.63. The van der Waals surface area contributed by atoms with Crippen molar-refractivity contribution in [2.75, 3.05) is 5.75 Å². The molecular formula is C8H16BrNO2S. The van der Waals surface area contributed by atoms with E-state index in [4.69, 9.17) is 0 Å². The van der Waals surface area contributed by atoms with Crippen LogP contribution in [0.5, 0.6) is 0 Å². The van der Waals surface area contributed by atoms with E-state index in [-0.39, 0.29) is 11.8 Å².